The maximum Gasteiger partial charge on any atom is 0.362 e. The largest absolute Gasteiger partial charge is 0.461 e. The van der Waals surface area contributed by atoms with E-state index in [0.717, 1.165) is 32.0 Å². The molecule has 5 heteroatoms. The van der Waals surface area contributed by atoms with Gasteiger partial charge in [-0.1, -0.05) is 26.2 Å². The number of nitrogens with zero attached hydrogens (tertiary/aromatic N) is 2. The van der Waals surface area contributed by atoms with Crippen molar-refractivity contribution in [2.24, 2.45) is 9.98 Å². The monoisotopic (exact) mass is 210 g/mol. The molecule has 5 nitrogen and oxygen atoms in total. The zero-order valence-electron chi connectivity index (χ0n) is 8.73. The van der Waals surface area contributed by atoms with Crippen LogP contribution in [0.25, 0.3) is 0 Å². The minimum atomic E-state index is -0.672. The summed E-state index contributed by atoms with van der Waals surface area (Å²) in [5.41, 5.74) is -0.217. The number of carbonyl (C=O) groups excluding carboxylic acids is 2. The van der Waals surface area contributed by atoms with E-state index in [9.17, 15) is 9.59 Å². The maximum absolute atomic E-state index is 11.2. The fourth-order valence-electron chi connectivity index (χ4n) is 1.16. The molecule has 82 valence electrons. The van der Waals surface area contributed by atoms with Crippen molar-refractivity contribution in [1.29, 1.82) is 0 Å². The van der Waals surface area contributed by atoms with Crippen molar-refractivity contribution < 1.29 is 14.3 Å². The first-order valence-corrected chi connectivity index (χ1v) is 5.07. The van der Waals surface area contributed by atoms with Gasteiger partial charge in [0.2, 0.25) is 5.71 Å². The van der Waals surface area contributed by atoms with Gasteiger partial charge in [0.1, 0.15) is 6.34 Å². The predicted molar refractivity (Wildman–Crippen MR) is 56.0 cm³/mol. The zero-order valence-corrected chi connectivity index (χ0v) is 8.73. The SMILES string of the molecule is CCCCCCOC(=O)C1=NC=NC1=O. The Morgan fingerprint density at radius 1 is 1.40 bits per heavy atom. The molecule has 0 fully saturated rings. The Morgan fingerprint density at radius 3 is 2.80 bits per heavy atom. The summed E-state index contributed by atoms with van der Waals surface area (Å²) < 4.78 is 4.87. The first-order chi connectivity index (χ1) is 7.25. The minimum absolute atomic E-state index is 0.217. The standard InChI is InChI=1S/C10H14N2O3/c1-2-3-4-5-6-15-10(14)8-9(13)12-7-11-8/h7H,2-6H2,1H3. The van der Waals surface area contributed by atoms with Crippen LogP contribution in [-0.4, -0.2) is 30.5 Å². The Hall–Kier alpha value is -1.52. The normalized spacial score (nSPS) is 14.2. The molecule has 0 N–H and O–H groups in total. The van der Waals surface area contributed by atoms with Gasteiger partial charge in [-0.25, -0.2) is 9.79 Å². The van der Waals surface area contributed by atoms with Crippen LogP contribution in [0.1, 0.15) is 32.6 Å². The molecular formula is C10H14N2O3. The van der Waals surface area contributed by atoms with Gasteiger partial charge in [-0.2, -0.15) is 4.99 Å². The van der Waals surface area contributed by atoms with Crippen molar-refractivity contribution in [1.82, 2.24) is 0 Å². The summed E-state index contributed by atoms with van der Waals surface area (Å²) >= 11 is 0. The number of amides is 1. The van der Waals surface area contributed by atoms with Crippen molar-refractivity contribution in [2.75, 3.05) is 6.61 Å². The van der Waals surface area contributed by atoms with Crippen molar-refractivity contribution in [3.05, 3.63) is 0 Å². The lowest BCUT2D eigenvalue weighted by atomic mass is 10.2. The highest BCUT2D eigenvalue weighted by molar-refractivity contribution is 6.66. The summed E-state index contributed by atoms with van der Waals surface area (Å²) in [5.74, 6) is -1.29. The van der Waals surface area contributed by atoms with Gasteiger partial charge in [0.15, 0.2) is 0 Å². The van der Waals surface area contributed by atoms with Gasteiger partial charge in [0.05, 0.1) is 6.61 Å². The number of rotatable bonds is 6. The van der Waals surface area contributed by atoms with Crippen LogP contribution in [0.15, 0.2) is 9.98 Å². The molecule has 0 bridgehead atoms. The second kappa shape index (κ2) is 6.06. The van der Waals surface area contributed by atoms with Gasteiger partial charge in [0, 0.05) is 0 Å². The summed E-state index contributed by atoms with van der Waals surface area (Å²) in [6, 6.07) is 0. The quantitative estimate of drug-likeness (QED) is 0.487. The fourth-order valence-corrected chi connectivity index (χ4v) is 1.16. The van der Waals surface area contributed by atoms with E-state index in [1.165, 1.54) is 0 Å². The first kappa shape index (κ1) is 11.6. The number of esters is 1. The second-order valence-electron chi connectivity index (χ2n) is 3.22. The van der Waals surface area contributed by atoms with Gasteiger partial charge >= 0.3 is 11.9 Å². The highest BCUT2D eigenvalue weighted by Crippen LogP contribution is 2.00. The summed E-state index contributed by atoms with van der Waals surface area (Å²) in [5, 5.41) is 0. The van der Waals surface area contributed by atoms with Crippen LogP contribution >= 0.6 is 0 Å². The summed E-state index contributed by atoms with van der Waals surface area (Å²) in [6.07, 6.45) is 5.17. The van der Waals surface area contributed by atoms with Crippen LogP contribution in [0.2, 0.25) is 0 Å². The molecule has 0 saturated heterocycles. The molecular weight excluding hydrogens is 196 g/mol. The number of unbranched alkanes of at least 4 members (excludes halogenated alkanes) is 3. The molecule has 1 heterocycles. The molecule has 0 aromatic rings. The van der Waals surface area contributed by atoms with E-state index in [-0.39, 0.29) is 5.71 Å². The van der Waals surface area contributed by atoms with E-state index < -0.39 is 11.9 Å². The molecule has 15 heavy (non-hydrogen) atoms. The molecule has 0 radical (unpaired) electrons. The molecule has 1 aliphatic rings. The molecule has 1 amide bonds. The smallest absolute Gasteiger partial charge is 0.362 e. The Kier molecular flexibility index (Phi) is 4.66. The van der Waals surface area contributed by atoms with Crippen LogP contribution in [0.5, 0.6) is 0 Å². The van der Waals surface area contributed by atoms with E-state index in [4.69, 9.17) is 4.74 Å². The number of aliphatic imine (C=N–C) groups is 2. The van der Waals surface area contributed by atoms with E-state index in [1.807, 2.05) is 0 Å². The fraction of sp³-hybridized carbons (Fsp3) is 0.600. The number of carbonyl (C=O) groups is 2. The van der Waals surface area contributed by atoms with Gasteiger partial charge in [0.25, 0.3) is 0 Å². The Balaban J connectivity index is 2.17. The van der Waals surface area contributed by atoms with E-state index in [1.54, 1.807) is 0 Å². The van der Waals surface area contributed by atoms with Crippen molar-refractivity contribution in [3.8, 4) is 0 Å². The lowest BCUT2D eigenvalue weighted by Crippen LogP contribution is -2.23. The highest BCUT2D eigenvalue weighted by Gasteiger charge is 2.23. The molecule has 1 aliphatic heterocycles. The molecule has 0 atom stereocenters. The Labute approximate surface area is 88.2 Å². The third-order valence-electron chi connectivity index (χ3n) is 1.99. The third kappa shape index (κ3) is 3.61. The Morgan fingerprint density at radius 2 is 2.20 bits per heavy atom. The third-order valence-corrected chi connectivity index (χ3v) is 1.99. The first-order valence-electron chi connectivity index (χ1n) is 5.07. The van der Waals surface area contributed by atoms with Crippen LogP contribution in [0.4, 0.5) is 0 Å². The van der Waals surface area contributed by atoms with E-state index >= 15 is 0 Å². The predicted octanol–water partition coefficient (Wildman–Crippen LogP) is 1.12. The lowest BCUT2D eigenvalue weighted by molar-refractivity contribution is -0.136. The molecule has 0 spiro atoms. The lowest BCUT2D eigenvalue weighted by Gasteiger charge is -2.02. The molecule has 0 unspecified atom stereocenters. The maximum atomic E-state index is 11.2. The van der Waals surface area contributed by atoms with Gasteiger partial charge in [-0.05, 0) is 6.42 Å². The molecule has 1 rings (SSSR count). The zero-order chi connectivity index (χ0) is 11.1. The number of ether oxygens (including phenoxy) is 1. The van der Waals surface area contributed by atoms with Crippen molar-refractivity contribution in [2.45, 2.75) is 32.6 Å². The van der Waals surface area contributed by atoms with Crippen LogP contribution in [0, 0.1) is 0 Å². The summed E-state index contributed by atoms with van der Waals surface area (Å²) in [6.45, 7) is 2.44. The average Bonchev–Trinajstić information content (AvgIpc) is 2.64. The van der Waals surface area contributed by atoms with E-state index in [2.05, 4.69) is 16.9 Å². The van der Waals surface area contributed by atoms with Crippen LogP contribution in [-0.2, 0) is 14.3 Å². The van der Waals surface area contributed by atoms with Crippen LogP contribution in [0.3, 0.4) is 0 Å². The average molecular weight is 210 g/mol. The Bertz CT molecular complexity index is 308. The van der Waals surface area contributed by atoms with Gasteiger partial charge < -0.3 is 4.74 Å². The minimum Gasteiger partial charge on any atom is -0.461 e. The van der Waals surface area contributed by atoms with Gasteiger partial charge in [-0.15, -0.1) is 0 Å². The topological polar surface area (TPSA) is 68.1 Å². The van der Waals surface area contributed by atoms with E-state index in [0.29, 0.717) is 6.61 Å². The van der Waals surface area contributed by atoms with Crippen molar-refractivity contribution in [3.63, 3.8) is 0 Å². The van der Waals surface area contributed by atoms with Crippen molar-refractivity contribution >= 4 is 23.9 Å². The summed E-state index contributed by atoms with van der Waals surface area (Å²) in [4.78, 5) is 29.0. The highest BCUT2D eigenvalue weighted by atomic mass is 16.5. The molecule has 0 aromatic heterocycles. The molecule has 0 saturated carbocycles. The molecule has 0 aromatic carbocycles. The number of hydrogen-bond acceptors (Lipinski definition) is 4. The second-order valence-corrected chi connectivity index (χ2v) is 3.22. The van der Waals surface area contributed by atoms with Crippen LogP contribution < -0.4 is 0 Å². The van der Waals surface area contributed by atoms with Gasteiger partial charge in [-0.3, -0.25) is 4.79 Å². The number of hydrogen-bond donors (Lipinski definition) is 0. The summed E-state index contributed by atoms with van der Waals surface area (Å²) in [7, 11) is 0. The molecule has 0 aliphatic carbocycles.